The summed E-state index contributed by atoms with van der Waals surface area (Å²) in [6.45, 7) is 7.60. The van der Waals surface area contributed by atoms with Crippen molar-refractivity contribution in [3.63, 3.8) is 0 Å². The summed E-state index contributed by atoms with van der Waals surface area (Å²) in [6, 6.07) is 0. The lowest BCUT2D eigenvalue weighted by molar-refractivity contribution is 0.0462. The van der Waals surface area contributed by atoms with E-state index in [4.69, 9.17) is 9.47 Å². The molecule has 0 aliphatic heterocycles. The van der Waals surface area contributed by atoms with Crippen LogP contribution < -0.4 is 5.32 Å². The molecule has 0 saturated carbocycles. The van der Waals surface area contributed by atoms with Crippen molar-refractivity contribution in [2.75, 3.05) is 31.7 Å². The third-order valence-electron chi connectivity index (χ3n) is 1.70. The highest BCUT2D eigenvalue weighted by Crippen LogP contribution is 2.18. The van der Waals surface area contributed by atoms with Crippen LogP contribution in [0.1, 0.15) is 18.7 Å². The van der Waals surface area contributed by atoms with Gasteiger partial charge in [-0.15, -0.1) is 0 Å². The van der Waals surface area contributed by atoms with Crippen molar-refractivity contribution in [1.29, 1.82) is 0 Å². The minimum Gasteiger partial charge on any atom is -0.379 e. The van der Waals surface area contributed by atoms with Crippen molar-refractivity contribution in [2.24, 2.45) is 0 Å². The minimum atomic E-state index is 0.621. The van der Waals surface area contributed by atoms with Crippen LogP contribution in [0.3, 0.4) is 0 Å². The van der Waals surface area contributed by atoms with E-state index < -0.39 is 0 Å². The zero-order valence-corrected chi connectivity index (χ0v) is 10.1. The average Bonchev–Trinajstić information content (AvgIpc) is 2.66. The standard InChI is InChI=1S/C10H18N2O2S/c1-3-11-10-12-7-9(15-10)8-14-6-5-13-4-2/h7H,3-6,8H2,1-2H3,(H,11,12). The smallest absolute Gasteiger partial charge is 0.182 e. The lowest BCUT2D eigenvalue weighted by Crippen LogP contribution is -2.03. The number of hydrogen-bond donors (Lipinski definition) is 1. The van der Waals surface area contributed by atoms with Crippen LogP contribution >= 0.6 is 11.3 Å². The lowest BCUT2D eigenvalue weighted by atomic mass is 10.6. The largest absolute Gasteiger partial charge is 0.379 e. The van der Waals surface area contributed by atoms with Crippen LogP contribution in [-0.4, -0.2) is 31.3 Å². The monoisotopic (exact) mass is 230 g/mol. The highest BCUT2D eigenvalue weighted by Gasteiger charge is 2.00. The molecule has 86 valence electrons. The second kappa shape index (κ2) is 7.62. The molecule has 0 radical (unpaired) electrons. The highest BCUT2D eigenvalue weighted by atomic mass is 32.1. The summed E-state index contributed by atoms with van der Waals surface area (Å²) in [4.78, 5) is 5.36. The Hall–Kier alpha value is -0.650. The number of anilines is 1. The molecule has 0 aromatic carbocycles. The van der Waals surface area contributed by atoms with Crippen molar-refractivity contribution in [3.05, 3.63) is 11.1 Å². The summed E-state index contributed by atoms with van der Waals surface area (Å²) in [5, 5.41) is 4.12. The Morgan fingerprint density at radius 1 is 1.33 bits per heavy atom. The number of rotatable bonds is 8. The molecule has 0 amide bonds. The Labute approximate surface area is 94.6 Å². The minimum absolute atomic E-state index is 0.621. The molecule has 0 atom stereocenters. The number of aromatic nitrogens is 1. The van der Waals surface area contributed by atoms with E-state index in [0.717, 1.165) is 23.2 Å². The van der Waals surface area contributed by atoms with Crippen LogP contribution in [0.5, 0.6) is 0 Å². The van der Waals surface area contributed by atoms with E-state index in [-0.39, 0.29) is 0 Å². The molecule has 1 heterocycles. The summed E-state index contributed by atoms with van der Waals surface area (Å²) in [5.74, 6) is 0. The molecule has 0 aliphatic rings. The van der Waals surface area contributed by atoms with Crippen LogP contribution in [0.25, 0.3) is 0 Å². The maximum absolute atomic E-state index is 5.43. The Balaban J connectivity index is 2.14. The van der Waals surface area contributed by atoms with Crippen molar-refractivity contribution in [2.45, 2.75) is 20.5 Å². The van der Waals surface area contributed by atoms with Gasteiger partial charge in [-0.05, 0) is 13.8 Å². The molecular weight excluding hydrogens is 212 g/mol. The predicted molar refractivity (Wildman–Crippen MR) is 62.4 cm³/mol. The number of nitrogens with zero attached hydrogens (tertiary/aromatic N) is 1. The Kier molecular flexibility index (Phi) is 6.31. The van der Waals surface area contributed by atoms with Gasteiger partial charge in [0.2, 0.25) is 0 Å². The van der Waals surface area contributed by atoms with E-state index in [2.05, 4.69) is 17.2 Å². The Bertz CT molecular complexity index is 266. The van der Waals surface area contributed by atoms with Crippen LogP contribution in [0, 0.1) is 0 Å². The van der Waals surface area contributed by atoms with Gasteiger partial charge in [-0.3, -0.25) is 0 Å². The van der Waals surface area contributed by atoms with Gasteiger partial charge in [-0.1, -0.05) is 11.3 Å². The molecule has 4 nitrogen and oxygen atoms in total. The first kappa shape index (κ1) is 12.4. The van der Waals surface area contributed by atoms with Crippen molar-refractivity contribution in [1.82, 2.24) is 4.98 Å². The van der Waals surface area contributed by atoms with E-state index in [9.17, 15) is 0 Å². The normalized spacial score (nSPS) is 10.5. The second-order valence-electron chi connectivity index (χ2n) is 2.91. The predicted octanol–water partition coefficient (Wildman–Crippen LogP) is 2.13. The number of ether oxygens (including phenoxy) is 2. The van der Waals surface area contributed by atoms with Crippen molar-refractivity contribution < 1.29 is 9.47 Å². The van der Waals surface area contributed by atoms with Gasteiger partial charge >= 0.3 is 0 Å². The van der Waals surface area contributed by atoms with Crippen LogP contribution in [-0.2, 0) is 16.1 Å². The molecule has 1 rings (SSSR count). The van der Waals surface area contributed by atoms with E-state index in [0.29, 0.717) is 19.8 Å². The average molecular weight is 230 g/mol. The van der Waals surface area contributed by atoms with Gasteiger partial charge < -0.3 is 14.8 Å². The van der Waals surface area contributed by atoms with E-state index in [1.807, 2.05) is 13.1 Å². The summed E-state index contributed by atoms with van der Waals surface area (Å²) in [7, 11) is 0. The molecule has 0 bridgehead atoms. The number of thiazole rings is 1. The van der Waals surface area contributed by atoms with Gasteiger partial charge in [0.1, 0.15) is 0 Å². The van der Waals surface area contributed by atoms with E-state index >= 15 is 0 Å². The number of nitrogens with one attached hydrogen (secondary N) is 1. The molecule has 1 aromatic rings. The Morgan fingerprint density at radius 2 is 2.13 bits per heavy atom. The molecule has 0 spiro atoms. The molecular formula is C10H18N2O2S. The molecule has 0 aliphatic carbocycles. The van der Waals surface area contributed by atoms with Crippen LogP contribution in [0.4, 0.5) is 5.13 Å². The fraction of sp³-hybridized carbons (Fsp3) is 0.700. The zero-order valence-electron chi connectivity index (χ0n) is 9.28. The number of hydrogen-bond acceptors (Lipinski definition) is 5. The second-order valence-corrected chi connectivity index (χ2v) is 4.03. The van der Waals surface area contributed by atoms with Crippen molar-refractivity contribution in [3.8, 4) is 0 Å². The van der Waals surface area contributed by atoms with Gasteiger partial charge in [0.15, 0.2) is 5.13 Å². The molecule has 1 aromatic heterocycles. The summed E-state index contributed by atoms with van der Waals surface area (Å²) in [6.07, 6.45) is 1.85. The van der Waals surface area contributed by atoms with Crippen LogP contribution in [0.2, 0.25) is 0 Å². The molecule has 0 saturated heterocycles. The van der Waals surface area contributed by atoms with Crippen molar-refractivity contribution >= 4 is 16.5 Å². The maximum Gasteiger partial charge on any atom is 0.182 e. The van der Waals surface area contributed by atoms with Gasteiger partial charge in [-0.25, -0.2) is 4.98 Å². The Morgan fingerprint density at radius 3 is 2.87 bits per heavy atom. The fourth-order valence-electron chi connectivity index (χ4n) is 1.04. The van der Waals surface area contributed by atoms with Gasteiger partial charge in [-0.2, -0.15) is 0 Å². The quantitative estimate of drug-likeness (QED) is 0.695. The molecule has 15 heavy (non-hydrogen) atoms. The molecule has 5 heteroatoms. The summed E-state index contributed by atoms with van der Waals surface area (Å²) >= 11 is 1.63. The highest BCUT2D eigenvalue weighted by molar-refractivity contribution is 7.15. The van der Waals surface area contributed by atoms with Gasteiger partial charge in [0.05, 0.1) is 24.7 Å². The summed E-state index contributed by atoms with van der Waals surface area (Å²) in [5.41, 5.74) is 0. The van der Waals surface area contributed by atoms with Crippen LogP contribution in [0.15, 0.2) is 6.20 Å². The third-order valence-corrected chi connectivity index (χ3v) is 2.63. The first-order valence-electron chi connectivity index (χ1n) is 5.20. The van der Waals surface area contributed by atoms with Gasteiger partial charge in [0.25, 0.3) is 0 Å². The maximum atomic E-state index is 5.43. The summed E-state index contributed by atoms with van der Waals surface area (Å²) < 4.78 is 10.6. The third kappa shape index (κ3) is 5.11. The first-order valence-corrected chi connectivity index (χ1v) is 6.02. The van der Waals surface area contributed by atoms with Gasteiger partial charge in [0, 0.05) is 19.3 Å². The first-order chi connectivity index (χ1) is 7.36. The molecule has 0 unspecified atom stereocenters. The fourth-order valence-corrected chi connectivity index (χ4v) is 1.86. The molecule has 0 fully saturated rings. The lowest BCUT2D eigenvalue weighted by Gasteiger charge is -2.01. The van der Waals surface area contributed by atoms with E-state index in [1.165, 1.54) is 0 Å². The zero-order chi connectivity index (χ0) is 10.9. The topological polar surface area (TPSA) is 43.4 Å². The SMILES string of the molecule is CCNc1ncc(COCCOCC)s1. The van der Waals surface area contributed by atoms with E-state index in [1.54, 1.807) is 11.3 Å². The molecule has 1 N–H and O–H groups in total.